The van der Waals surface area contributed by atoms with Crippen LogP contribution in [0.25, 0.3) is 0 Å². The first kappa shape index (κ1) is 26.1. The van der Waals surface area contributed by atoms with Gasteiger partial charge in [-0.15, -0.1) is 0 Å². The second-order valence-corrected chi connectivity index (χ2v) is 11.0. The second-order valence-electron chi connectivity index (χ2n) is 9.01. The Balaban J connectivity index is 1.38. The highest BCUT2D eigenvalue weighted by Gasteiger charge is 2.25. The molecule has 0 unspecified atom stereocenters. The van der Waals surface area contributed by atoms with Crippen molar-refractivity contribution in [3.8, 4) is 0 Å². The molecule has 1 fully saturated rings. The third kappa shape index (κ3) is 6.55. The van der Waals surface area contributed by atoms with Crippen LogP contribution in [0, 0.1) is 19.8 Å². The lowest BCUT2D eigenvalue weighted by Crippen LogP contribution is -2.40. The minimum atomic E-state index is -3.61. The summed E-state index contributed by atoms with van der Waals surface area (Å²) in [5, 5.41) is 0. The van der Waals surface area contributed by atoms with Gasteiger partial charge in [0.1, 0.15) is 6.61 Å². The number of ether oxygens (including phenoxy) is 1. The topological polar surface area (TPSA) is 83.0 Å². The molecule has 3 rings (SSSR count). The van der Waals surface area contributed by atoms with E-state index in [0.29, 0.717) is 17.4 Å². The highest BCUT2D eigenvalue weighted by molar-refractivity contribution is 7.89. The molecule has 0 spiro atoms. The first-order valence-electron chi connectivity index (χ1n) is 11.7. The lowest BCUT2D eigenvalue weighted by atomic mass is 9.96. The van der Waals surface area contributed by atoms with Gasteiger partial charge in [0.2, 0.25) is 15.9 Å². The van der Waals surface area contributed by atoms with E-state index >= 15 is 0 Å². The number of aromatic nitrogens is 1. The number of carbonyl (C=O) groups is 1. The molecule has 2 aromatic rings. The van der Waals surface area contributed by atoms with Crippen LogP contribution in [0.1, 0.15) is 24.0 Å². The lowest BCUT2D eigenvalue weighted by molar-refractivity contribution is -0.135. The molecule has 34 heavy (non-hydrogen) atoms. The minimum Gasteiger partial charge on any atom is -0.371 e. The first-order chi connectivity index (χ1) is 16.2. The predicted octanol–water partition coefficient (Wildman–Crippen LogP) is 2.71. The number of carbonyl (C=O) groups excluding carboxylic acids is 1. The molecule has 0 saturated carbocycles. The Kier molecular flexibility index (Phi) is 9.04. The van der Waals surface area contributed by atoms with Crippen molar-refractivity contribution in [3.05, 3.63) is 53.9 Å². The van der Waals surface area contributed by atoms with Gasteiger partial charge >= 0.3 is 0 Å². The number of benzene rings is 1. The summed E-state index contributed by atoms with van der Waals surface area (Å²) in [5.41, 5.74) is 2.63. The molecule has 9 heteroatoms. The van der Waals surface area contributed by atoms with E-state index < -0.39 is 10.0 Å². The largest absolute Gasteiger partial charge is 0.371 e. The van der Waals surface area contributed by atoms with Crippen LogP contribution in [0.4, 0.5) is 5.69 Å². The van der Waals surface area contributed by atoms with E-state index in [4.69, 9.17) is 4.74 Å². The summed E-state index contributed by atoms with van der Waals surface area (Å²) in [7, 11) is -0.268. The average Bonchev–Trinajstić information content (AvgIpc) is 2.82. The van der Waals surface area contributed by atoms with Crippen LogP contribution >= 0.6 is 0 Å². The van der Waals surface area contributed by atoms with E-state index in [2.05, 4.69) is 9.88 Å². The summed E-state index contributed by atoms with van der Waals surface area (Å²) in [6.45, 7) is 6.51. The molecule has 186 valence electrons. The predicted molar refractivity (Wildman–Crippen MR) is 133 cm³/mol. The maximum absolute atomic E-state index is 12.9. The molecule has 0 aliphatic carbocycles. The van der Waals surface area contributed by atoms with E-state index in [9.17, 15) is 13.2 Å². The highest BCUT2D eigenvalue weighted by atomic mass is 32.2. The van der Waals surface area contributed by atoms with Crippen molar-refractivity contribution in [1.82, 2.24) is 14.2 Å². The summed E-state index contributed by atoms with van der Waals surface area (Å²) in [6.07, 6.45) is 5.68. The zero-order valence-electron chi connectivity index (χ0n) is 20.6. The van der Waals surface area contributed by atoms with Gasteiger partial charge in [-0.1, -0.05) is 18.2 Å². The normalized spacial score (nSPS) is 15.0. The van der Waals surface area contributed by atoms with Gasteiger partial charge in [0.25, 0.3) is 0 Å². The standard InChI is InChI=1S/C25H36N4O4S/c1-20-6-5-7-21(2)25(20)34(31,32)28(4)16-17-33-19-24(30)27(3)18-22-10-14-29(15-11-22)23-8-12-26-13-9-23/h5-9,12-13,22H,10-11,14-19H2,1-4H3. The van der Waals surface area contributed by atoms with Crippen molar-refractivity contribution < 1.29 is 17.9 Å². The van der Waals surface area contributed by atoms with E-state index in [1.165, 1.54) is 17.0 Å². The fraction of sp³-hybridized carbons (Fsp3) is 0.520. The van der Waals surface area contributed by atoms with Crippen molar-refractivity contribution in [3.63, 3.8) is 0 Å². The van der Waals surface area contributed by atoms with Gasteiger partial charge < -0.3 is 14.5 Å². The quantitative estimate of drug-likeness (QED) is 0.478. The summed E-state index contributed by atoms with van der Waals surface area (Å²) >= 11 is 0. The lowest BCUT2D eigenvalue weighted by Gasteiger charge is -2.35. The Hall–Kier alpha value is -2.49. The van der Waals surface area contributed by atoms with Gasteiger partial charge in [-0.25, -0.2) is 8.42 Å². The molecular formula is C25H36N4O4S. The number of hydrogen-bond donors (Lipinski definition) is 0. The third-order valence-electron chi connectivity index (χ3n) is 6.45. The van der Waals surface area contributed by atoms with Crippen molar-refractivity contribution >= 4 is 21.6 Å². The Labute approximate surface area is 203 Å². The smallest absolute Gasteiger partial charge is 0.248 e. The Bertz CT molecular complexity index is 1030. The van der Waals surface area contributed by atoms with Gasteiger partial charge in [-0.2, -0.15) is 4.31 Å². The molecule has 0 N–H and O–H groups in total. The summed E-state index contributed by atoms with van der Waals surface area (Å²) in [6, 6.07) is 9.49. The number of nitrogens with zero attached hydrogens (tertiary/aromatic N) is 4. The Morgan fingerprint density at radius 3 is 2.32 bits per heavy atom. The second kappa shape index (κ2) is 11.8. The molecule has 8 nitrogen and oxygen atoms in total. The molecule has 1 saturated heterocycles. The van der Waals surface area contributed by atoms with Crippen LogP contribution < -0.4 is 4.90 Å². The number of hydrogen-bond acceptors (Lipinski definition) is 6. The van der Waals surface area contributed by atoms with Crippen molar-refractivity contribution in [2.45, 2.75) is 31.6 Å². The molecule has 1 aromatic heterocycles. The molecule has 0 bridgehead atoms. The fourth-order valence-corrected chi connectivity index (χ4v) is 5.94. The highest BCUT2D eigenvalue weighted by Crippen LogP contribution is 2.24. The molecule has 1 aromatic carbocycles. The van der Waals surface area contributed by atoms with Gasteiger partial charge in [-0.3, -0.25) is 9.78 Å². The van der Waals surface area contributed by atoms with Crippen molar-refractivity contribution in [1.29, 1.82) is 0 Å². The molecule has 0 atom stereocenters. The zero-order valence-corrected chi connectivity index (χ0v) is 21.4. The Morgan fingerprint density at radius 2 is 1.71 bits per heavy atom. The average molecular weight is 489 g/mol. The first-order valence-corrected chi connectivity index (χ1v) is 13.1. The number of sulfonamides is 1. The van der Waals surface area contributed by atoms with Gasteiger partial charge in [0.05, 0.1) is 11.5 Å². The van der Waals surface area contributed by atoms with Gasteiger partial charge in [0.15, 0.2) is 0 Å². The summed E-state index contributed by atoms with van der Waals surface area (Å²) in [5.74, 6) is 0.373. The maximum atomic E-state index is 12.9. The molecular weight excluding hydrogens is 452 g/mol. The van der Waals surface area contributed by atoms with Crippen LogP contribution in [0.3, 0.4) is 0 Å². The number of rotatable bonds is 10. The monoisotopic (exact) mass is 488 g/mol. The van der Waals surface area contributed by atoms with E-state index in [1.54, 1.807) is 37.9 Å². The van der Waals surface area contributed by atoms with E-state index in [1.807, 2.05) is 30.6 Å². The van der Waals surface area contributed by atoms with Crippen LogP contribution in [0.5, 0.6) is 0 Å². The number of amides is 1. The number of anilines is 1. The number of likely N-dealkylation sites (N-methyl/N-ethyl adjacent to an activating group) is 2. The zero-order chi connectivity index (χ0) is 24.7. The number of aryl methyl sites for hydroxylation is 2. The van der Waals surface area contributed by atoms with E-state index in [0.717, 1.165) is 37.1 Å². The van der Waals surface area contributed by atoms with Gasteiger partial charge in [0, 0.05) is 58.4 Å². The third-order valence-corrected chi connectivity index (χ3v) is 8.62. The summed E-state index contributed by atoms with van der Waals surface area (Å²) < 4.78 is 32.7. The number of pyridine rings is 1. The molecule has 1 aliphatic rings. The molecule has 2 heterocycles. The van der Waals surface area contributed by atoms with E-state index in [-0.39, 0.29) is 25.7 Å². The van der Waals surface area contributed by atoms with Crippen molar-refractivity contribution in [2.24, 2.45) is 5.92 Å². The van der Waals surface area contributed by atoms with Crippen LogP contribution in [0.15, 0.2) is 47.6 Å². The van der Waals surface area contributed by atoms with Crippen molar-refractivity contribution in [2.75, 3.05) is 58.4 Å². The Morgan fingerprint density at radius 1 is 1.09 bits per heavy atom. The van der Waals surface area contributed by atoms with Crippen LogP contribution in [0.2, 0.25) is 0 Å². The van der Waals surface area contributed by atoms with Crippen LogP contribution in [-0.2, 0) is 19.6 Å². The molecule has 1 amide bonds. The maximum Gasteiger partial charge on any atom is 0.248 e. The summed E-state index contributed by atoms with van der Waals surface area (Å²) in [4.78, 5) is 21.0. The molecule has 1 aliphatic heterocycles. The minimum absolute atomic E-state index is 0.0519. The number of piperidine rings is 1. The SMILES string of the molecule is Cc1cccc(C)c1S(=O)(=O)N(C)CCOCC(=O)N(C)CC1CCN(c2ccncc2)CC1. The van der Waals surface area contributed by atoms with Gasteiger partial charge in [-0.05, 0) is 55.9 Å². The van der Waals surface area contributed by atoms with Crippen LogP contribution in [-0.4, -0.2) is 82.0 Å². The fourth-order valence-electron chi connectivity index (χ4n) is 4.36. The molecule has 0 radical (unpaired) electrons.